The second-order valence-electron chi connectivity index (χ2n) is 8.46. The summed E-state index contributed by atoms with van der Waals surface area (Å²) in [6, 6.07) is 19.5. The van der Waals surface area contributed by atoms with Crippen LogP contribution in [0.3, 0.4) is 0 Å². The number of morpholine rings is 1. The van der Waals surface area contributed by atoms with E-state index < -0.39 is 10.0 Å². The Morgan fingerprint density at radius 1 is 0.919 bits per heavy atom. The van der Waals surface area contributed by atoms with Crippen LogP contribution in [0, 0.1) is 0 Å². The number of ketones is 2. The SMILES string of the molecule is O=C(CNc1c(C(=O)c2ccc(Cl)cc2)oc2ccccc12)c1cccc(S(=O)(=O)N2CCOCC2)c1. The van der Waals surface area contributed by atoms with Crippen molar-refractivity contribution in [2.24, 2.45) is 0 Å². The Kier molecular flexibility index (Phi) is 7.12. The average molecular weight is 539 g/mol. The van der Waals surface area contributed by atoms with Crippen molar-refractivity contribution in [2.75, 3.05) is 38.2 Å². The number of hydrogen-bond donors (Lipinski definition) is 1. The molecular weight excluding hydrogens is 516 g/mol. The van der Waals surface area contributed by atoms with Gasteiger partial charge in [-0.25, -0.2) is 8.42 Å². The van der Waals surface area contributed by atoms with E-state index in [0.717, 1.165) is 0 Å². The Labute approximate surface area is 218 Å². The zero-order valence-electron chi connectivity index (χ0n) is 19.6. The smallest absolute Gasteiger partial charge is 0.243 e. The van der Waals surface area contributed by atoms with Gasteiger partial charge in [0.25, 0.3) is 0 Å². The maximum atomic E-state index is 13.2. The van der Waals surface area contributed by atoms with E-state index >= 15 is 0 Å². The number of hydrogen-bond acceptors (Lipinski definition) is 7. The summed E-state index contributed by atoms with van der Waals surface area (Å²) in [5.41, 5.74) is 1.51. The number of carbonyl (C=O) groups is 2. The molecule has 1 aliphatic heterocycles. The summed E-state index contributed by atoms with van der Waals surface area (Å²) in [5, 5.41) is 4.20. The highest BCUT2D eigenvalue weighted by Gasteiger charge is 2.27. The third kappa shape index (κ3) is 5.17. The topological polar surface area (TPSA) is 106 Å². The quantitative estimate of drug-likeness (QED) is 0.326. The number of furan rings is 1. The molecule has 0 spiro atoms. The maximum Gasteiger partial charge on any atom is 0.243 e. The Balaban J connectivity index is 1.40. The van der Waals surface area contributed by atoms with Crippen molar-refractivity contribution >= 4 is 49.8 Å². The van der Waals surface area contributed by atoms with Crippen LogP contribution in [0.4, 0.5) is 5.69 Å². The number of rotatable bonds is 8. The first kappa shape index (κ1) is 25.2. The van der Waals surface area contributed by atoms with E-state index in [-0.39, 0.29) is 47.4 Å². The predicted molar refractivity (Wildman–Crippen MR) is 140 cm³/mol. The molecule has 0 atom stereocenters. The summed E-state index contributed by atoms with van der Waals surface area (Å²) >= 11 is 5.95. The molecule has 8 nitrogen and oxygen atoms in total. The second kappa shape index (κ2) is 10.5. The normalized spacial score (nSPS) is 14.5. The van der Waals surface area contributed by atoms with Gasteiger partial charge < -0.3 is 14.5 Å². The molecule has 0 radical (unpaired) electrons. The Morgan fingerprint density at radius 3 is 2.41 bits per heavy atom. The van der Waals surface area contributed by atoms with E-state index in [1.165, 1.54) is 16.4 Å². The molecule has 1 aromatic heterocycles. The molecule has 37 heavy (non-hydrogen) atoms. The van der Waals surface area contributed by atoms with Crippen molar-refractivity contribution < 1.29 is 27.2 Å². The minimum atomic E-state index is -3.75. The number of carbonyl (C=O) groups excluding carboxylic acids is 2. The molecule has 1 N–H and O–H groups in total. The van der Waals surface area contributed by atoms with Gasteiger partial charge in [0.1, 0.15) is 5.58 Å². The van der Waals surface area contributed by atoms with Crippen LogP contribution in [0.15, 0.2) is 82.1 Å². The molecule has 0 saturated carbocycles. The molecule has 0 unspecified atom stereocenters. The van der Waals surface area contributed by atoms with Crippen molar-refractivity contribution in [2.45, 2.75) is 4.90 Å². The van der Waals surface area contributed by atoms with Gasteiger partial charge in [-0.15, -0.1) is 0 Å². The van der Waals surface area contributed by atoms with Crippen molar-refractivity contribution in [3.8, 4) is 0 Å². The van der Waals surface area contributed by atoms with Crippen LogP contribution in [-0.4, -0.2) is 57.1 Å². The lowest BCUT2D eigenvalue weighted by Gasteiger charge is -2.26. The summed E-state index contributed by atoms with van der Waals surface area (Å²) in [6.45, 7) is 1.01. The lowest BCUT2D eigenvalue weighted by Crippen LogP contribution is -2.40. The molecule has 10 heteroatoms. The monoisotopic (exact) mass is 538 g/mol. The van der Waals surface area contributed by atoms with Gasteiger partial charge >= 0.3 is 0 Å². The molecular formula is C27H23ClN2O6S. The zero-order valence-corrected chi connectivity index (χ0v) is 21.2. The third-order valence-electron chi connectivity index (χ3n) is 6.10. The van der Waals surface area contributed by atoms with Crippen molar-refractivity contribution in [3.63, 3.8) is 0 Å². The van der Waals surface area contributed by atoms with Crippen LogP contribution in [0.2, 0.25) is 5.02 Å². The van der Waals surface area contributed by atoms with Crippen molar-refractivity contribution in [1.29, 1.82) is 0 Å². The fraction of sp³-hybridized carbons (Fsp3) is 0.185. The molecule has 1 fully saturated rings. The van der Waals surface area contributed by atoms with Crippen LogP contribution in [0.5, 0.6) is 0 Å². The first-order chi connectivity index (χ1) is 17.8. The Bertz CT molecular complexity index is 1570. The molecule has 3 aromatic carbocycles. The van der Waals surface area contributed by atoms with Crippen LogP contribution in [-0.2, 0) is 14.8 Å². The standard InChI is InChI=1S/C27H23ClN2O6S/c28-20-10-8-18(9-11-20)26(32)27-25(22-6-1-2-7-24(22)36-27)29-17-23(31)19-4-3-5-21(16-19)37(33,34)30-12-14-35-15-13-30/h1-11,16,29H,12-15,17H2. The number of fused-ring (bicyclic) bond motifs is 1. The fourth-order valence-corrected chi connectivity index (χ4v) is 5.73. The van der Waals surface area contributed by atoms with Crippen molar-refractivity contribution in [3.05, 3.63) is 94.7 Å². The zero-order chi connectivity index (χ0) is 26.0. The van der Waals surface area contributed by atoms with E-state index in [0.29, 0.717) is 40.5 Å². The van der Waals surface area contributed by atoms with E-state index in [1.807, 2.05) is 0 Å². The highest BCUT2D eigenvalue weighted by Crippen LogP contribution is 2.32. The molecule has 190 valence electrons. The largest absolute Gasteiger partial charge is 0.450 e. The number of nitrogens with zero attached hydrogens (tertiary/aromatic N) is 1. The fourth-order valence-electron chi connectivity index (χ4n) is 4.15. The van der Waals surface area contributed by atoms with Crippen LogP contribution in [0.1, 0.15) is 26.5 Å². The van der Waals surface area contributed by atoms with Crippen molar-refractivity contribution in [1.82, 2.24) is 4.31 Å². The lowest BCUT2D eigenvalue weighted by molar-refractivity contribution is 0.0730. The van der Waals surface area contributed by atoms with Gasteiger partial charge in [-0.05, 0) is 48.5 Å². The van der Waals surface area contributed by atoms with Gasteiger partial charge in [0.2, 0.25) is 15.8 Å². The first-order valence-corrected chi connectivity index (χ1v) is 13.4. The predicted octanol–water partition coefficient (Wildman–Crippen LogP) is 4.63. The number of halogens is 1. The van der Waals surface area contributed by atoms with Gasteiger partial charge in [-0.1, -0.05) is 35.9 Å². The highest BCUT2D eigenvalue weighted by molar-refractivity contribution is 7.89. The average Bonchev–Trinajstić information content (AvgIpc) is 3.31. The maximum absolute atomic E-state index is 13.2. The molecule has 0 aliphatic carbocycles. The molecule has 4 aromatic rings. The Hall–Kier alpha value is -3.50. The van der Waals surface area contributed by atoms with E-state index in [2.05, 4.69) is 5.32 Å². The molecule has 0 bridgehead atoms. The van der Waals surface area contributed by atoms with E-state index in [9.17, 15) is 18.0 Å². The first-order valence-electron chi connectivity index (χ1n) is 11.6. The number of ether oxygens (including phenoxy) is 1. The third-order valence-corrected chi connectivity index (χ3v) is 8.24. The van der Waals surface area contributed by atoms with Gasteiger partial charge in [0.05, 0.1) is 30.3 Å². The molecule has 5 rings (SSSR count). The second-order valence-corrected chi connectivity index (χ2v) is 10.8. The molecule has 1 aliphatic rings. The minimum absolute atomic E-state index is 0.0487. The summed E-state index contributed by atoms with van der Waals surface area (Å²) in [4.78, 5) is 26.4. The van der Waals surface area contributed by atoms with Crippen LogP contribution in [0.25, 0.3) is 11.0 Å². The van der Waals surface area contributed by atoms with Gasteiger partial charge in [-0.3, -0.25) is 9.59 Å². The molecule has 0 amide bonds. The van der Waals surface area contributed by atoms with Crippen LogP contribution < -0.4 is 5.32 Å². The summed E-state index contributed by atoms with van der Waals surface area (Å²) in [5.74, 6) is -0.629. The number of anilines is 1. The van der Waals surface area contributed by atoms with Gasteiger partial charge in [0, 0.05) is 34.6 Å². The number of para-hydroxylation sites is 1. The van der Waals surface area contributed by atoms with Gasteiger partial charge in [0.15, 0.2) is 11.5 Å². The number of sulfonamides is 1. The summed E-state index contributed by atoms with van der Waals surface area (Å²) in [6.07, 6.45) is 0. The van der Waals surface area contributed by atoms with Crippen LogP contribution >= 0.6 is 11.6 Å². The number of nitrogens with one attached hydrogen (secondary N) is 1. The molecule has 1 saturated heterocycles. The minimum Gasteiger partial charge on any atom is -0.450 e. The Morgan fingerprint density at radius 2 is 1.65 bits per heavy atom. The highest BCUT2D eigenvalue weighted by atomic mass is 35.5. The van der Waals surface area contributed by atoms with E-state index in [1.54, 1.807) is 60.7 Å². The number of Topliss-reactive ketones (excluding diaryl/α,β-unsaturated/α-hetero) is 1. The summed E-state index contributed by atoms with van der Waals surface area (Å²) < 4.78 is 38.5. The molecule has 2 heterocycles. The van der Waals surface area contributed by atoms with Gasteiger partial charge in [-0.2, -0.15) is 4.31 Å². The summed E-state index contributed by atoms with van der Waals surface area (Å²) in [7, 11) is -3.75. The lowest BCUT2D eigenvalue weighted by atomic mass is 10.1. The van der Waals surface area contributed by atoms with E-state index in [4.69, 9.17) is 20.8 Å². The number of benzene rings is 3.